The van der Waals surface area contributed by atoms with Crippen LogP contribution in [0.1, 0.15) is 31.7 Å². The number of hydrogen-bond acceptors (Lipinski definition) is 2. The van der Waals surface area contributed by atoms with Crippen molar-refractivity contribution in [1.82, 2.24) is 0 Å². The van der Waals surface area contributed by atoms with E-state index >= 15 is 0 Å². The predicted molar refractivity (Wildman–Crippen MR) is 66.0 cm³/mol. The average Bonchev–Trinajstić information content (AvgIpc) is 2.29. The molecule has 0 aliphatic heterocycles. The van der Waals surface area contributed by atoms with E-state index in [0.717, 1.165) is 31.2 Å². The Morgan fingerprint density at radius 3 is 2.50 bits per heavy atom. The number of aryl methyl sites for hydroxylation is 1. The minimum absolute atomic E-state index is 0.146. The molecule has 0 aromatic heterocycles. The second kappa shape index (κ2) is 6.48. The molecular formula is C12H16ClNO2. The summed E-state index contributed by atoms with van der Waals surface area (Å²) < 4.78 is 0. The van der Waals surface area contributed by atoms with Gasteiger partial charge < -0.3 is 0 Å². The summed E-state index contributed by atoms with van der Waals surface area (Å²) in [6.45, 7) is 2.07. The Bertz CT molecular complexity index is 337. The fraction of sp³-hybridized carbons (Fsp3) is 0.500. The summed E-state index contributed by atoms with van der Waals surface area (Å²) in [6, 6.07) is 6.72. The number of rotatable bonds is 6. The highest BCUT2D eigenvalue weighted by Gasteiger charge is 2.05. The maximum atomic E-state index is 10.4. The normalized spacial score (nSPS) is 12.4. The Morgan fingerprint density at radius 1 is 1.38 bits per heavy atom. The van der Waals surface area contributed by atoms with Gasteiger partial charge in [-0.3, -0.25) is 10.1 Å². The molecule has 0 aliphatic carbocycles. The van der Waals surface area contributed by atoms with Crippen molar-refractivity contribution in [3.8, 4) is 0 Å². The zero-order valence-electron chi connectivity index (χ0n) is 9.36. The molecule has 4 heteroatoms. The molecular weight excluding hydrogens is 226 g/mol. The lowest BCUT2D eigenvalue weighted by atomic mass is 10.1. The van der Waals surface area contributed by atoms with Crippen LogP contribution in [0.2, 0.25) is 0 Å². The molecule has 0 radical (unpaired) electrons. The molecule has 1 rings (SSSR count). The molecule has 3 nitrogen and oxygen atoms in total. The molecule has 1 aromatic rings. The van der Waals surface area contributed by atoms with Gasteiger partial charge in [0.25, 0.3) is 5.69 Å². The molecule has 0 fully saturated rings. The number of halogens is 1. The molecule has 1 aromatic carbocycles. The topological polar surface area (TPSA) is 43.1 Å². The Labute approximate surface area is 101 Å². The van der Waals surface area contributed by atoms with Crippen molar-refractivity contribution in [3.05, 3.63) is 39.9 Å². The van der Waals surface area contributed by atoms with Crippen LogP contribution in [-0.4, -0.2) is 10.3 Å². The molecule has 0 saturated heterocycles. The monoisotopic (exact) mass is 241 g/mol. The Kier molecular flexibility index (Phi) is 5.26. The third-order valence-corrected chi connectivity index (χ3v) is 3.10. The Balaban J connectivity index is 2.40. The van der Waals surface area contributed by atoms with Crippen LogP contribution in [0.5, 0.6) is 0 Å². The van der Waals surface area contributed by atoms with E-state index in [4.69, 9.17) is 11.6 Å². The minimum atomic E-state index is -0.379. The van der Waals surface area contributed by atoms with Crippen molar-refractivity contribution in [2.75, 3.05) is 0 Å². The molecule has 1 unspecified atom stereocenters. The van der Waals surface area contributed by atoms with Crippen LogP contribution in [0.4, 0.5) is 5.69 Å². The van der Waals surface area contributed by atoms with Crippen LogP contribution in [-0.2, 0) is 6.42 Å². The summed E-state index contributed by atoms with van der Waals surface area (Å²) in [5, 5.41) is 10.7. The minimum Gasteiger partial charge on any atom is -0.258 e. The van der Waals surface area contributed by atoms with E-state index in [-0.39, 0.29) is 16.0 Å². The summed E-state index contributed by atoms with van der Waals surface area (Å²) in [4.78, 5) is 10.1. The van der Waals surface area contributed by atoms with E-state index in [1.165, 1.54) is 0 Å². The Hall–Kier alpha value is -1.09. The lowest BCUT2D eigenvalue weighted by Gasteiger charge is -2.05. The SMILES string of the molecule is CCC(Cl)CCCc1ccc([N+](=O)[O-])cc1. The highest BCUT2D eigenvalue weighted by Crippen LogP contribution is 2.15. The van der Waals surface area contributed by atoms with Crippen molar-refractivity contribution in [3.63, 3.8) is 0 Å². The second-order valence-electron chi connectivity index (χ2n) is 3.82. The molecule has 88 valence electrons. The summed E-state index contributed by atoms with van der Waals surface area (Å²) in [6.07, 6.45) is 3.94. The summed E-state index contributed by atoms with van der Waals surface area (Å²) in [5.74, 6) is 0. The van der Waals surface area contributed by atoms with E-state index < -0.39 is 0 Å². The van der Waals surface area contributed by atoms with Crippen molar-refractivity contribution >= 4 is 17.3 Å². The molecule has 0 saturated carbocycles. The van der Waals surface area contributed by atoms with Gasteiger partial charge in [-0.2, -0.15) is 0 Å². The van der Waals surface area contributed by atoms with Gasteiger partial charge >= 0.3 is 0 Å². The number of nitrogens with zero attached hydrogens (tertiary/aromatic N) is 1. The summed E-state index contributed by atoms with van der Waals surface area (Å²) in [5.41, 5.74) is 1.28. The quantitative estimate of drug-likeness (QED) is 0.430. The number of nitro groups is 1. The standard InChI is InChI=1S/C12H16ClNO2/c1-2-11(13)5-3-4-10-6-8-12(9-7-10)14(15)16/h6-9,11H,2-5H2,1H3. The third kappa shape index (κ3) is 4.19. The maximum Gasteiger partial charge on any atom is 0.269 e. The average molecular weight is 242 g/mol. The van der Waals surface area contributed by atoms with Gasteiger partial charge in [-0.15, -0.1) is 11.6 Å². The van der Waals surface area contributed by atoms with Gasteiger partial charge in [0.1, 0.15) is 0 Å². The highest BCUT2D eigenvalue weighted by atomic mass is 35.5. The van der Waals surface area contributed by atoms with E-state index in [1.807, 2.05) is 12.1 Å². The fourth-order valence-electron chi connectivity index (χ4n) is 1.52. The molecule has 0 bridgehead atoms. The Morgan fingerprint density at radius 2 is 2.00 bits per heavy atom. The van der Waals surface area contributed by atoms with Gasteiger partial charge in [0.05, 0.1) is 4.92 Å². The van der Waals surface area contributed by atoms with Gasteiger partial charge in [0.15, 0.2) is 0 Å². The van der Waals surface area contributed by atoms with Crippen molar-refractivity contribution in [1.29, 1.82) is 0 Å². The first kappa shape index (κ1) is 13.0. The van der Waals surface area contributed by atoms with Crippen LogP contribution in [0.15, 0.2) is 24.3 Å². The van der Waals surface area contributed by atoms with Crippen LogP contribution >= 0.6 is 11.6 Å². The van der Waals surface area contributed by atoms with Crippen LogP contribution in [0.3, 0.4) is 0 Å². The lowest BCUT2D eigenvalue weighted by Crippen LogP contribution is -1.97. The smallest absolute Gasteiger partial charge is 0.258 e. The number of non-ortho nitro benzene ring substituents is 1. The molecule has 0 amide bonds. The zero-order chi connectivity index (χ0) is 12.0. The molecule has 0 N–H and O–H groups in total. The van der Waals surface area contributed by atoms with E-state index in [2.05, 4.69) is 6.92 Å². The number of hydrogen-bond donors (Lipinski definition) is 0. The highest BCUT2D eigenvalue weighted by molar-refractivity contribution is 6.20. The molecule has 0 heterocycles. The van der Waals surface area contributed by atoms with Gasteiger partial charge in [0.2, 0.25) is 0 Å². The van der Waals surface area contributed by atoms with Gasteiger partial charge in [-0.1, -0.05) is 19.1 Å². The lowest BCUT2D eigenvalue weighted by molar-refractivity contribution is -0.384. The second-order valence-corrected chi connectivity index (χ2v) is 4.44. The number of nitro benzene ring substituents is 1. The van der Waals surface area contributed by atoms with E-state index in [0.29, 0.717) is 0 Å². The van der Waals surface area contributed by atoms with E-state index in [9.17, 15) is 10.1 Å². The first-order valence-corrected chi connectivity index (χ1v) is 5.94. The number of alkyl halides is 1. The summed E-state index contributed by atoms with van der Waals surface area (Å²) >= 11 is 6.01. The molecule has 16 heavy (non-hydrogen) atoms. The van der Waals surface area contributed by atoms with Crippen LogP contribution in [0.25, 0.3) is 0 Å². The fourth-order valence-corrected chi connectivity index (χ4v) is 1.67. The van der Waals surface area contributed by atoms with Crippen molar-refractivity contribution in [2.45, 2.75) is 38.0 Å². The molecule has 1 atom stereocenters. The predicted octanol–water partition coefficient (Wildman–Crippen LogP) is 3.93. The third-order valence-electron chi connectivity index (χ3n) is 2.57. The largest absolute Gasteiger partial charge is 0.269 e. The van der Waals surface area contributed by atoms with Crippen LogP contribution in [0, 0.1) is 10.1 Å². The summed E-state index contributed by atoms with van der Waals surface area (Å²) in [7, 11) is 0. The van der Waals surface area contributed by atoms with Gasteiger partial charge in [0, 0.05) is 17.5 Å². The maximum absolute atomic E-state index is 10.4. The van der Waals surface area contributed by atoms with Gasteiger partial charge in [-0.05, 0) is 31.2 Å². The van der Waals surface area contributed by atoms with Crippen molar-refractivity contribution in [2.24, 2.45) is 0 Å². The number of benzene rings is 1. The molecule has 0 spiro atoms. The molecule has 0 aliphatic rings. The van der Waals surface area contributed by atoms with Gasteiger partial charge in [-0.25, -0.2) is 0 Å². The first-order valence-electron chi connectivity index (χ1n) is 5.51. The zero-order valence-corrected chi connectivity index (χ0v) is 10.1. The van der Waals surface area contributed by atoms with Crippen molar-refractivity contribution < 1.29 is 4.92 Å². The van der Waals surface area contributed by atoms with E-state index in [1.54, 1.807) is 12.1 Å². The first-order chi connectivity index (χ1) is 7.63. The van der Waals surface area contributed by atoms with Crippen LogP contribution < -0.4 is 0 Å².